The number of ether oxygens (including phenoxy) is 1. The minimum atomic E-state index is -0.961. The van der Waals surface area contributed by atoms with E-state index in [4.69, 9.17) is 9.84 Å². The second-order valence-electron chi connectivity index (χ2n) is 5.09. The van der Waals surface area contributed by atoms with Gasteiger partial charge in [-0.05, 0) is 18.9 Å². The van der Waals surface area contributed by atoms with Gasteiger partial charge in [-0.25, -0.2) is 0 Å². The topological polar surface area (TPSA) is 93.5 Å². The highest BCUT2D eigenvalue weighted by Crippen LogP contribution is 2.14. The average Bonchev–Trinajstić information content (AvgIpc) is 2.87. The summed E-state index contributed by atoms with van der Waals surface area (Å²) >= 11 is 0. The molecule has 21 heavy (non-hydrogen) atoms. The highest BCUT2D eigenvalue weighted by Gasteiger charge is 2.18. The van der Waals surface area contributed by atoms with Crippen LogP contribution in [0.1, 0.15) is 49.3 Å². The highest BCUT2D eigenvalue weighted by molar-refractivity contribution is 5.92. The molecule has 1 atom stereocenters. The molecule has 1 amide bonds. The van der Waals surface area contributed by atoms with Crippen LogP contribution in [0, 0.1) is 0 Å². The molecule has 1 heterocycles. The molecule has 7 heteroatoms. The Morgan fingerprint density at radius 3 is 2.62 bits per heavy atom. The maximum absolute atomic E-state index is 12.2. The summed E-state index contributed by atoms with van der Waals surface area (Å²) < 4.78 is 6.67. The van der Waals surface area contributed by atoms with Crippen molar-refractivity contribution in [2.75, 3.05) is 13.7 Å². The third-order valence-electron chi connectivity index (χ3n) is 3.15. The highest BCUT2D eigenvalue weighted by atomic mass is 16.5. The lowest BCUT2D eigenvalue weighted by Crippen LogP contribution is -2.35. The molecule has 0 fully saturated rings. The van der Waals surface area contributed by atoms with Gasteiger partial charge in [-0.3, -0.25) is 14.3 Å². The summed E-state index contributed by atoms with van der Waals surface area (Å²) in [6, 6.07) is 1.77. The number of nitrogens with zero attached hydrogens (tertiary/aromatic N) is 2. The van der Waals surface area contributed by atoms with Gasteiger partial charge in [0.25, 0.3) is 5.91 Å². The van der Waals surface area contributed by atoms with Crippen LogP contribution in [0.4, 0.5) is 0 Å². The van der Waals surface area contributed by atoms with Crippen LogP contribution in [0.3, 0.4) is 0 Å². The molecule has 0 aromatic carbocycles. The molecule has 118 valence electrons. The van der Waals surface area contributed by atoms with Crippen molar-refractivity contribution >= 4 is 11.9 Å². The number of carboxylic acids is 1. The molecule has 1 aromatic heterocycles. The fourth-order valence-corrected chi connectivity index (χ4v) is 1.87. The smallest absolute Gasteiger partial charge is 0.306 e. The number of aromatic nitrogens is 2. The lowest BCUT2D eigenvalue weighted by molar-refractivity contribution is -0.139. The first kappa shape index (κ1) is 17.2. The monoisotopic (exact) mass is 297 g/mol. The Bertz CT molecular complexity index is 496. The van der Waals surface area contributed by atoms with Gasteiger partial charge in [0.05, 0.1) is 18.2 Å². The van der Waals surface area contributed by atoms with Gasteiger partial charge in [-0.15, -0.1) is 0 Å². The summed E-state index contributed by atoms with van der Waals surface area (Å²) in [4.78, 5) is 22.8. The molecule has 0 aliphatic heterocycles. The van der Waals surface area contributed by atoms with Gasteiger partial charge in [0.15, 0.2) is 0 Å². The standard InChI is InChI=1S/C14H23N3O4/c1-5-17-12(7-11(16-17)9(2)3)14(20)15-8-10(21-4)6-13(18)19/h7,9-10H,5-6,8H2,1-4H3,(H,15,20)(H,18,19). The number of aryl methyl sites for hydroxylation is 1. The zero-order valence-electron chi connectivity index (χ0n) is 12.9. The Morgan fingerprint density at radius 1 is 1.48 bits per heavy atom. The normalized spacial score (nSPS) is 12.4. The van der Waals surface area contributed by atoms with Crippen molar-refractivity contribution in [2.24, 2.45) is 0 Å². The van der Waals surface area contributed by atoms with Crippen LogP contribution >= 0.6 is 0 Å². The van der Waals surface area contributed by atoms with Crippen LogP contribution in [0.25, 0.3) is 0 Å². The van der Waals surface area contributed by atoms with Crippen LogP contribution in [0.15, 0.2) is 6.07 Å². The fourth-order valence-electron chi connectivity index (χ4n) is 1.87. The average molecular weight is 297 g/mol. The van der Waals surface area contributed by atoms with Gasteiger partial charge in [-0.1, -0.05) is 13.8 Å². The number of nitrogens with one attached hydrogen (secondary N) is 1. The van der Waals surface area contributed by atoms with Crippen molar-refractivity contribution in [1.29, 1.82) is 0 Å². The van der Waals surface area contributed by atoms with Crippen molar-refractivity contribution in [2.45, 2.75) is 45.8 Å². The number of carbonyl (C=O) groups is 2. The summed E-state index contributed by atoms with van der Waals surface area (Å²) in [7, 11) is 1.42. The van der Waals surface area contributed by atoms with Gasteiger partial charge in [-0.2, -0.15) is 5.10 Å². The lowest BCUT2D eigenvalue weighted by atomic mass is 10.1. The van der Waals surface area contributed by atoms with Crippen molar-refractivity contribution in [3.05, 3.63) is 17.5 Å². The van der Waals surface area contributed by atoms with Gasteiger partial charge < -0.3 is 15.2 Å². The minimum Gasteiger partial charge on any atom is -0.481 e. The summed E-state index contributed by atoms with van der Waals surface area (Å²) in [6.45, 7) is 6.68. The molecule has 0 aliphatic carbocycles. The van der Waals surface area contributed by atoms with Crippen LogP contribution in [0.5, 0.6) is 0 Å². The Hall–Kier alpha value is -1.89. The maximum atomic E-state index is 12.2. The number of amides is 1. The van der Waals surface area contributed by atoms with Crippen molar-refractivity contribution < 1.29 is 19.4 Å². The predicted molar refractivity (Wildman–Crippen MR) is 77.4 cm³/mol. The van der Waals surface area contributed by atoms with E-state index in [2.05, 4.69) is 10.4 Å². The van der Waals surface area contributed by atoms with E-state index >= 15 is 0 Å². The summed E-state index contributed by atoms with van der Waals surface area (Å²) in [5.74, 6) is -0.997. The van der Waals surface area contributed by atoms with E-state index in [0.29, 0.717) is 12.2 Å². The third kappa shape index (κ3) is 4.86. The summed E-state index contributed by atoms with van der Waals surface area (Å²) in [5.41, 5.74) is 1.34. The molecule has 1 rings (SSSR count). The SMILES string of the molecule is CCn1nc(C(C)C)cc1C(=O)NCC(CC(=O)O)OC. The number of methoxy groups -OCH3 is 1. The van der Waals surface area contributed by atoms with Crippen molar-refractivity contribution in [3.63, 3.8) is 0 Å². The van der Waals surface area contributed by atoms with Crippen LogP contribution in [-0.4, -0.2) is 46.5 Å². The zero-order chi connectivity index (χ0) is 16.0. The molecular formula is C14H23N3O4. The van der Waals surface area contributed by atoms with Crippen LogP contribution in [-0.2, 0) is 16.1 Å². The van der Waals surface area contributed by atoms with E-state index in [1.54, 1.807) is 10.7 Å². The molecule has 0 radical (unpaired) electrons. The zero-order valence-corrected chi connectivity index (χ0v) is 12.9. The number of aliphatic carboxylic acids is 1. The molecule has 0 saturated carbocycles. The van der Waals surface area contributed by atoms with Gasteiger partial charge in [0, 0.05) is 20.2 Å². The Balaban J connectivity index is 2.72. The Labute approximate surface area is 124 Å². The molecule has 7 nitrogen and oxygen atoms in total. The maximum Gasteiger partial charge on any atom is 0.306 e. The Morgan fingerprint density at radius 2 is 2.14 bits per heavy atom. The Kier molecular flexibility index (Phi) is 6.36. The van der Waals surface area contributed by atoms with E-state index in [9.17, 15) is 9.59 Å². The van der Waals surface area contributed by atoms with E-state index in [1.165, 1.54) is 7.11 Å². The fraction of sp³-hybridized carbons (Fsp3) is 0.643. The number of hydrogen-bond acceptors (Lipinski definition) is 4. The summed E-state index contributed by atoms with van der Waals surface area (Å²) in [5, 5.41) is 15.8. The van der Waals surface area contributed by atoms with E-state index in [0.717, 1.165) is 5.69 Å². The first-order chi connectivity index (χ1) is 9.88. The number of hydrogen-bond donors (Lipinski definition) is 2. The van der Waals surface area contributed by atoms with E-state index in [-0.39, 0.29) is 24.8 Å². The molecular weight excluding hydrogens is 274 g/mol. The largest absolute Gasteiger partial charge is 0.481 e. The molecule has 0 saturated heterocycles. The van der Waals surface area contributed by atoms with Gasteiger partial charge >= 0.3 is 5.97 Å². The van der Waals surface area contributed by atoms with Crippen LogP contribution in [0.2, 0.25) is 0 Å². The van der Waals surface area contributed by atoms with E-state index in [1.807, 2.05) is 20.8 Å². The molecule has 0 aliphatic rings. The number of carboxylic acid groups (broad SMARTS) is 1. The van der Waals surface area contributed by atoms with E-state index < -0.39 is 12.1 Å². The van der Waals surface area contributed by atoms with Crippen molar-refractivity contribution in [3.8, 4) is 0 Å². The predicted octanol–water partition coefficient (Wildman–Crippen LogP) is 1.25. The first-order valence-electron chi connectivity index (χ1n) is 6.99. The second-order valence-corrected chi connectivity index (χ2v) is 5.09. The van der Waals surface area contributed by atoms with Gasteiger partial charge in [0.1, 0.15) is 5.69 Å². The third-order valence-corrected chi connectivity index (χ3v) is 3.15. The molecule has 0 spiro atoms. The number of carbonyl (C=O) groups excluding carboxylic acids is 1. The quantitative estimate of drug-likeness (QED) is 0.753. The molecule has 0 bridgehead atoms. The minimum absolute atomic E-state index is 0.146. The van der Waals surface area contributed by atoms with Crippen LogP contribution < -0.4 is 5.32 Å². The second kappa shape index (κ2) is 7.78. The number of rotatable bonds is 8. The first-order valence-corrected chi connectivity index (χ1v) is 6.99. The molecule has 2 N–H and O–H groups in total. The van der Waals surface area contributed by atoms with Gasteiger partial charge in [0.2, 0.25) is 0 Å². The molecule has 1 unspecified atom stereocenters. The lowest BCUT2D eigenvalue weighted by Gasteiger charge is -2.14. The van der Waals surface area contributed by atoms with Crippen molar-refractivity contribution in [1.82, 2.24) is 15.1 Å². The molecule has 1 aromatic rings. The summed E-state index contributed by atoms with van der Waals surface area (Å²) in [6.07, 6.45) is -0.699.